The molecule has 0 saturated heterocycles. The fourth-order valence-corrected chi connectivity index (χ4v) is 3.03. The van der Waals surface area contributed by atoms with E-state index in [9.17, 15) is 4.79 Å². The predicted molar refractivity (Wildman–Crippen MR) is 92.3 cm³/mol. The summed E-state index contributed by atoms with van der Waals surface area (Å²) >= 11 is 0. The van der Waals surface area contributed by atoms with Crippen molar-refractivity contribution in [3.05, 3.63) is 29.3 Å². The van der Waals surface area contributed by atoms with Crippen LogP contribution in [0.2, 0.25) is 0 Å². The van der Waals surface area contributed by atoms with Crippen LogP contribution in [0.25, 0.3) is 0 Å². The first-order valence-electron chi connectivity index (χ1n) is 8.22. The molecule has 0 amide bonds. The standard InChI is InChI=1S/C18H28N2O3/c1-13-11-16-12-15(5-6-17(16)19-13)18(21)14(2)20(7-9-22-3)8-10-23-4/h5-6,12-14,19H,7-11H2,1-4H3. The molecule has 5 nitrogen and oxygen atoms in total. The Kier molecular flexibility index (Phi) is 6.57. The topological polar surface area (TPSA) is 50.8 Å². The van der Waals surface area contributed by atoms with E-state index >= 15 is 0 Å². The van der Waals surface area contributed by atoms with Crippen molar-refractivity contribution in [1.29, 1.82) is 0 Å². The van der Waals surface area contributed by atoms with Crippen LogP contribution in [-0.4, -0.2) is 63.3 Å². The number of ether oxygens (including phenoxy) is 2. The molecule has 1 aromatic rings. The summed E-state index contributed by atoms with van der Waals surface area (Å²) in [4.78, 5) is 15.0. The summed E-state index contributed by atoms with van der Waals surface area (Å²) in [5, 5.41) is 3.42. The predicted octanol–water partition coefficient (Wildman–Crippen LogP) is 2.21. The summed E-state index contributed by atoms with van der Waals surface area (Å²) < 4.78 is 10.3. The largest absolute Gasteiger partial charge is 0.383 e. The maximum absolute atomic E-state index is 12.9. The highest BCUT2D eigenvalue weighted by atomic mass is 16.5. The van der Waals surface area contributed by atoms with Crippen molar-refractivity contribution >= 4 is 11.5 Å². The van der Waals surface area contributed by atoms with Gasteiger partial charge in [0.2, 0.25) is 0 Å². The lowest BCUT2D eigenvalue weighted by atomic mass is 10.00. The van der Waals surface area contributed by atoms with E-state index in [1.54, 1.807) is 14.2 Å². The van der Waals surface area contributed by atoms with E-state index in [4.69, 9.17) is 9.47 Å². The van der Waals surface area contributed by atoms with Crippen molar-refractivity contribution in [3.63, 3.8) is 0 Å². The first-order valence-corrected chi connectivity index (χ1v) is 8.22. The maximum atomic E-state index is 12.9. The van der Waals surface area contributed by atoms with Crippen LogP contribution in [0.1, 0.15) is 29.8 Å². The Morgan fingerprint density at radius 1 is 1.30 bits per heavy atom. The Labute approximate surface area is 139 Å². The molecule has 1 aliphatic heterocycles. The molecule has 0 aliphatic carbocycles. The number of Topliss-reactive ketones (excluding diaryl/α,β-unsaturated/α-hetero) is 1. The molecule has 2 rings (SSSR count). The van der Waals surface area contributed by atoms with Crippen LogP contribution >= 0.6 is 0 Å². The van der Waals surface area contributed by atoms with Gasteiger partial charge in [-0.3, -0.25) is 9.69 Å². The third-order valence-electron chi connectivity index (χ3n) is 4.41. The molecular formula is C18H28N2O3. The van der Waals surface area contributed by atoms with Crippen LogP contribution in [0.15, 0.2) is 18.2 Å². The molecule has 0 aromatic heterocycles. The number of benzene rings is 1. The highest BCUT2D eigenvalue weighted by molar-refractivity contribution is 6.00. The summed E-state index contributed by atoms with van der Waals surface area (Å²) in [6.07, 6.45) is 0.974. The van der Waals surface area contributed by atoms with Gasteiger partial charge >= 0.3 is 0 Å². The molecule has 0 radical (unpaired) electrons. The van der Waals surface area contributed by atoms with Crippen LogP contribution in [0, 0.1) is 0 Å². The van der Waals surface area contributed by atoms with Gasteiger partial charge in [0.15, 0.2) is 5.78 Å². The van der Waals surface area contributed by atoms with E-state index in [-0.39, 0.29) is 11.8 Å². The smallest absolute Gasteiger partial charge is 0.179 e. The Balaban J connectivity index is 2.09. The summed E-state index contributed by atoms with van der Waals surface area (Å²) in [6, 6.07) is 6.23. The summed E-state index contributed by atoms with van der Waals surface area (Å²) in [5.74, 6) is 0.152. The molecule has 0 saturated carbocycles. The molecule has 0 spiro atoms. The van der Waals surface area contributed by atoms with Crippen molar-refractivity contribution in [3.8, 4) is 0 Å². The van der Waals surface area contributed by atoms with E-state index in [1.807, 2.05) is 25.1 Å². The monoisotopic (exact) mass is 320 g/mol. The normalized spacial score (nSPS) is 17.9. The minimum Gasteiger partial charge on any atom is -0.383 e. The van der Waals surface area contributed by atoms with E-state index in [0.29, 0.717) is 19.3 Å². The Morgan fingerprint density at radius 2 is 1.96 bits per heavy atom. The fraction of sp³-hybridized carbons (Fsp3) is 0.611. The van der Waals surface area contributed by atoms with Gasteiger partial charge in [0.25, 0.3) is 0 Å². The van der Waals surface area contributed by atoms with Crippen LogP contribution < -0.4 is 5.32 Å². The Hall–Kier alpha value is -1.43. The molecule has 1 aliphatic rings. The van der Waals surface area contributed by atoms with Gasteiger partial charge in [0, 0.05) is 44.6 Å². The van der Waals surface area contributed by atoms with Crippen molar-refractivity contribution in [1.82, 2.24) is 4.90 Å². The number of anilines is 1. The van der Waals surface area contributed by atoms with Gasteiger partial charge in [-0.25, -0.2) is 0 Å². The van der Waals surface area contributed by atoms with Gasteiger partial charge in [-0.15, -0.1) is 0 Å². The molecule has 2 atom stereocenters. The molecule has 1 heterocycles. The molecule has 1 N–H and O–H groups in total. The molecule has 5 heteroatoms. The van der Waals surface area contributed by atoms with Crippen LogP contribution in [0.3, 0.4) is 0 Å². The van der Waals surface area contributed by atoms with Gasteiger partial charge in [0.05, 0.1) is 19.3 Å². The Bertz CT molecular complexity index is 525. The molecule has 128 valence electrons. The van der Waals surface area contributed by atoms with E-state index in [1.165, 1.54) is 5.56 Å². The number of carbonyl (C=O) groups is 1. The number of fused-ring (bicyclic) bond motifs is 1. The first-order chi connectivity index (χ1) is 11.1. The number of nitrogens with zero attached hydrogens (tertiary/aromatic N) is 1. The number of hydrogen-bond donors (Lipinski definition) is 1. The quantitative estimate of drug-likeness (QED) is 0.707. The summed E-state index contributed by atoms with van der Waals surface area (Å²) in [5.41, 5.74) is 3.17. The summed E-state index contributed by atoms with van der Waals surface area (Å²) in [6.45, 7) is 6.76. The second kappa shape index (κ2) is 8.43. The van der Waals surface area contributed by atoms with Gasteiger partial charge in [-0.1, -0.05) is 0 Å². The van der Waals surface area contributed by atoms with Gasteiger partial charge in [0.1, 0.15) is 0 Å². The number of hydrogen-bond acceptors (Lipinski definition) is 5. The molecule has 0 fully saturated rings. The molecule has 2 unspecified atom stereocenters. The number of rotatable bonds is 9. The van der Waals surface area contributed by atoms with Crippen LogP contribution in [0.5, 0.6) is 0 Å². The van der Waals surface area contributed by atoms with Crippen molar-refractivity contribution < 1.29 is 14.3 Å². The first kappa shape index (κ1) is 17.9. The van der Waals surface area contributed by atoms with Gasteiger partial charge < -0.3 is 14.8 Å². The lowest BCUT2D eigenvalue weighted by Gasteiger charge is -2.27. The zero-order valence-electron chi connectivity index (χ0n) is 14.6. The number of nitrogens with one attached hydrogen (secondary N) is 1. The van der Waals surface area contributed by atoms with E-state index in [0.717, 1.165) is 30.8 Å². The SMILES string of the molecule is COCCN(CCOC)C(C)C(=O)c1ccc2c(c1)CC(C)N2. The van der Waals surface area contributed by atoms with E-state index < -0.39 is 0 Å². The highest BCUT2D eigenvalue weighted by Gasteiger charge is 2.24. The third-order valence-corrected chi connectivity index (χ3v) is 4.41. The third kappa shape index (κ3) is 4.53. The number of carbonyl (C=O) groups excluding carboxylic acids is 1. The molecular weight excluding hydrogens is 292 g/mol. The Morgan fingerprint density at radius 3 is 2.57 bits per heavy atom. The zero-order valence-corrected chi connectivity index (χ0v) is 14.6. The second-order valence-corrected chi connectivity index (χ2v) is 6.18. The minimum absolute atomic E-state index is 0.152. The summed E-state index contributed by atoms with van der Waals surface area (Å²) in [7, 11) is 3.35. The van der Waals surface area contributed by atoms with Crippen LogP contribution in [0.4, 0.5) is 5.69 Å². The van der Waals surface area contributed by atoms with Crippen molar-refractivity contribution in [2.45, 2.75) is 32.4 Å². The van der Waals surface area contributed by atoms with Gasteiger partial charge in [-0.2, -0.15) is 0 Å². The number of methoxy groups -OCH3 is 2. The van der Waals surface area contributed by atoms with Crippen molar-refractivity contribution in [2.24, 2.45) is 0 Å². The molecule has 23 heavy (non-hydrogen) atoms. The van der Waals surface area contributed by atoms with Crippen molar-refractivity contribution in [2.75, 3.05) is 45.8 Å². The maximum Gasteiger partial charge on any atom is 0.179 e. The molecule has 1 aromatic carbocycles. The highest BCUT2D eigenvalue weighted by Crippen LogP contribution is 2.27. The zero-order chi connectivity index (χ0) is 16.8. The fourth-order valence-electron chi connectivity index (χ4n) is 3.03. The van der Waals surface area contributed by atoms with Crippen LogP contribution in [-0.2, 0) is 15.9 Å². The number of ketones is 1. The lowest BCUT2D eigenvalue weighted by Crippen LogP contribution is -2.42. The average Bonchev–Trinajstić information content (AvgIpc) is 2.92. The average molecular weight is 320 g/mol. The second-order valence-electron chi connectivity index (χ2n) is 6.18. The van der Waals surface area contributed by atoms with Gasteiger partial charge in [-0.05, 0) is 44.0 Å². The molecule has 0 bridgehead atoms. The van der Waals surface area contributed by atoms with E-state index in [2.05, 4.69) is 17.1 Å². The minimum atomic E-state index is -0.190. The lowest BCUT2D eigenvalue weighted by molar-refractivity contribution is 0.0687.